The third kappa shape index (κ3) is 3.43. The highest BCUT2D eigenvalue weighted by molar-refractivity contribution is 5.48. The molecule has 0 spiro atoms. The molecule has 98 valence electrons. The van der Waals surface area contributed by atoms with Gasteiger partial charge in [-0.15, -0.1) is 0 Å². The minimum absolute atomic E-state index is 0.133. The van der Waals surface area contributed by atoms with E-state index in [0.29, 0.717) is 0 Å². The number of nitro benzene ring substituents is 1. The van der Waals surface area contributed by atoms with Crippen molar-refractivity contribution >= 4 is 11.4 Å². The molecule has 0 amide bonds. The highest BCUT2D eigenvalue weighted by atomic mass is 16.6. The van der Waals surface area contributed by atoms with Crippen molar-refractivity contribution in [1.29, 1.82) is 0 Å². The maximum atomic E-state index is 10.5. The Hall–Kier alpha value is -1.62. The van der Waals surface area contributed by atoms with Crippen LogP contribution in [0.4, 0.5) is 11.4 Å². The first-order valence-corrected chi connectivity index (χ1v) is 6.43. The van der Waals surface area contributed by atoms with Crippen molar-refractivity contribution in [3.8, 4) is 0 Å². The van der Waals surface area contributed by atoms with Crippen molar-refractivity contribution in [2.24, 2.45) is 0 Å². The van der Waals surface area contributed by atoms with Gasteiger partial charge in [0.05, 0.1) is 4.92 Å². The lowest BCUT2D eigenvalue weighted by atomic mass is 10.3. The van der Waals surface area contributed by atoms with Gasteiger partial charge in [0, 0.05) is 37.0 Å². The fraction of sp³-hybridized carbons (Fsp3) is 0.538. The van der Waals surface area contributed by atoms with E-state index in [1.807, 2.05) is 0 Å². The van der Waals surface area contributed by atoms with Gasteiger partial charge in [-0.3, -0.25) is 15.0 Å². The van der Waals surface area contributed by atoms with Gasteiger partial charge in [0.1, 0.15) is 0 Å². The summed E-state index contributed by atoms with van der Waals surface area (Å²) in [6.07, 6.45) is 2.65. The number of benzene rings is 1. The lowest BCUT2D eigenvalue weighted by molar-refractivity contribution is -0.384. The van der Waals surface area contributed by atoms with Gasteiger partial charge in [-0.2, -0.15) is 0 Å². The molecule has 1 fully saturated rings. The Morgan fingerprint density at radius 3 is 2.56 bits per heavy atom. The molecule has 1 aromatic carbocycles. The van der Waals surface area contributed by atoms with Crippen LogP contribution in [0.5, 0.6) is 0 Å². The molecule has 1 saturated carbocycles. The van der Waals surface area contributed by atoms with Crippen LogP contribution in [0.25, 0.3) is 0 Å². The number of nitro groups is 1. The topological polar surface area (TPSA) is 58.4 Å². The smallest absolute Gasteiger partial charge is 0.269 e. The minimum atomic E-state index is -0.379. The summed E-state index contributed by atoms with van der Waals surface area (Å²) in [4.78, 5) is 12.6. The van der Waals surface area contributed by atoms with Gasteiger partial charge < -0.3 is 5.32 Å². The molecule has 0 heterocycles. The van der Waals surface area contributed by atoms with Crippen LogP contribution in [0.3, 0.4) is 0 Å². The zero-order chi connectivity index (χ0) is 13.0. The molecule has 5 heteroatoms. The van der Waals surface area contributed by atoms with E-state index in [4.69, 9.17) is 0 Å². The lowest BCUT2D eigenvalue weighted by Crippen LogP contribution is -2.30. The fourth-order valence-corrected chi connectivity index (χ4v) is 2.08. The van der Waals surface area contributed by atoms with Crippen molar-refractivity contribution in [3.05, 3.63) is 34.4 Å². The molecule has 0 unspecified atom stereocenters. The molecule has 5 nitrogen and oxygen atoms in total. The van der Waals surface area contributed by atoms with Crippen LogP contribution in [-0.2, 0) is 0 Å². The number of non-ortho nitro benzene ring substituents is 1. The van der Waals surface area contributed by atoms with Gasteiger partial charge in [-0.05, 0) is 31.5 Å². The number of nitrogens with one attached hydrogen (secondary N) is 1. The van der Waals surface area contributed by atoms with E-state index in [9.17, 15) is 10.1 Å². The second-order valence-corrected chi connectivity index (χ2v) is 4.59. The molecule has 1 aliphatic carbocycles. The molecule has 0 atom stereocenters. The van der Waals surface area contributed by atoms with E-state index in [1.165, 1.54) is 25.0 Å². The Morgan fingerprint density at radius 1 is 1.39 bits per heavy atom. The second-order valence-electron chi connectivity index (χ2n) is 4.59. The quantitative estimate of drug-likeness (QED) is 0.596. The largest absolute Gasteiger partial charge is 0.384 e. The number of hydrogen-bond acceptors (Lipinski definition) is 4. The number of rotatable bonds is 7. The fourth-order valence-electron chi connectivity index (χ4n) is 2.08. The predicted octanol–water partition coefficient (Wildman–Crippen LogP) is 2.49. The van der Waals surface area contributed by atoms with Crippen LogP contribution in [0.15, 0.2) is 24.3 Å². The van der Waals surface area contributed by atoms with Crippen LogP contribution in [0.1, 0.15) is 19.8 Å². The second kappa shape index (κ2) is 5.82. The van der Waals surface area contributed by atoms with Gasteiger partial charge >= 0.3 is 0 Å². The van der Waals surface area contributed by atoms with Gasteiger partial charge in [-0.1, -0.05) is 6.92 Å². The first kappa shape index (κ1) is 12.8. The van der Waals surface area contributed by atoms with E-state index in [0.717, 1.165) is 31.4 Å². The van der Waals surface area contributed by atoms with Gasteiger partial charge in [0.2, 0.25) is 0 Å². The van der Waals surface area contributed by atoms with E-state index in [-0.39, 0.29) is 10.6 Å². The zero-order valence-electron chi connectivity index (χ0n) is 10.6. The van der Waals surface area contributed by atoms with Crippen LogP contribution in [-0.4, -0.2) is 35.5 Å². The van der Waals surface area contributed by atoms with Crippen molar-refractivity contribution in [2.45, 2.75) is 25.8 Å². The summed E-state index contributed by atoms with van der Waals surface area (Å²) in [5.41, 5.74) is 1.07. The first-order valence-electron chi connectivity index (χ1n) is 6.43. The average molecular weight is 249 g/mol. The maximum Gasteiger partial charge on any atom is 0.269 e. The molecular weight excluding hydrogens is 230 g/mol. The minimum Gasteiger partial charge on any atom is -0.384 e. The molecule has 2 rings (SSSR count). The number of anilines is 1. The maximum absolute atomic E-state index is 10.5. The Balaban J connectivity index is 1.77. The molecule has 18 heavy (non-hydrogen) atoms. The van der Waals surface area contributed by atoms with Crippen molar-refractivity contribution < 1.29 is 4.92 Å². The molecular formula is C13H19N3O2. The van der Waals surface area contributed by atoms with E-state index >= 15 is 0 Å². The average Bonchev–Trinajstić information content (AvgIpc) is 3.19. The summed E-state index contributed by atoms with van der Waals surface area (Å²) in [6, 6.07) is 7.35. The van der Waals surface area contributed by atoms with Crippen molar-refractivity contribution in [2.75, 3.05) is 25.0 Å². The SMILES string of the molecule is CCN(CCNc1ccc([N+](=O)[O-])cc1)C1CC1. The molecule has 0 aliphatic heterocycles. The molecule has 0 radical (unpaired) electrons. The highest BCUT2D eigenvalue weighted by Crippen LogP contribution is 2.26. The summed E-state index contributed by atoms with van der Waals surface area (Å²) in [6.45, 7) is 5.18. The summed E-state index contributed by atoms with van der Waals surface area (Å²) in [5, 5.41) is 13.8. The summed E-state index contributed by atoms with van der Waals surface area (Å²) < 4.78 is 0. The Bertz CT molecular complexity index is 401. The summed E-state index contributed by atoms with van der Waals surface area (Å²) in [5.74, 6) is 0. The van der Waals surface area contributed by atoms with E-state index in [1.54, 1.807) is 12.1 Å². The van der Waals surface area contributed by atoms with Gasteiger partial charge in [-0.25, -0.2) is 0 Å². The Kier molecular flexibility index (Phi) is 4.15. The number of likely N-dealkylation sites (N-methyl/N-ethyl adjacent to an activating group) is 1. The normalized spacial score (nSPS) is 14.8. The monoisotopic (exact) mass is 249 g/mol. The first-order chi connectivity index (χ1) is 8.70. The number of hydrogen-bond donors (Lipinski definition) is 1. The predicted molar refractivity (Wildman–Crippen MR) is 71.9 cm³/mol. The van der Waals surface area contributed by atoms with E-state index < -0.39 is 0 Å². The van der Waals surface area contributed by atoms with Gasteiger partial charge in [0.25, 0.3) is 5.69 Å². The Labute approximate surface area is 107 Å². The molecule has 0 saturated heterocycles. The molecule has 0 aromatic heterocycles. The third-order valence-corrected chi connectivity index (χ3v) is 3.28. The number of nitrogens with zero attached hydrogens (tertiary/aromatic N) is 2. The Morgan fingerprint density at radius 2 is 2.06 bits per heavy atom. The molecule has 1 N–H and O–H groups in total. The molecule has 1 aliphatic rings. The third-order valence-electron chi connectivity index (χ3n) is 3.28. The van der Waals surface area contributed by atoms with Crippen LogP contribution < -0.4 is 5.32 Å². The molecule has 1 aromatic rings. The lowest BCUT2D eigenvalue weighted by Gasteiger charge is -2.20. The zero-order valence-corrected chi connectivity index (χ0v) is 10.6. The van der Waals surface area contributed by atoms with Crippen molar-refractivity contribution in [3.63, 3.8) is 0 Å². The van der Waals surface area contributed by atoms with Crippen LogP contribution in [0.2, 0.25) is 0 Å². The standard InChI is InChI=1S/C13H19N3O2/c1-2-15(12-7-8-12)10-9-14-11-3-5-13(6-4-11)16(17)18/h3-6,12,14H,2,7-10H2,1H3. The van der Waals surface area contributed by atoms with Crippen LogP contribution >= 0.6 is 0 Å². The van der Waals surface area contributed by atoms with Gasteiger partial charge in [0.15, 0.2) is 0 Å². The summed E-state index contributed by atoms with van der Waals surface area (Å²) >= 11 is 0. The molecule has 0 bridgehead atoms. The van der Waals surface area contributed by atoms with Crippen molar-refractivity contribution in [1.82, 2.24) is 4.90 Å². The van der Waals surface area contributed by atoms with Crippen LogP contribution in [0, 0.1) is 10.1 Å². The highest BCUT2D eigenvalue weighted by Gasteiger charge is 2.26. The summed E-state index contributed by atoms with van der Waals surface area (Å²) in [7, 11) is 0. The van der Waals surface area contributed by atoms with E-state index in [2.05, 4.69) is 17.1 Å².